The van der Waals surface area contributed by atoms with Crippen molar-refractivity contribution in [3.8, 4) is 11.1 Å². The molecule has 1 unspecified atom stereocenters. The van der Waals surface area contributed by atoms with Crippen LogP contribution >= 0.6 is 0 Å². The van der Waals surface area contributed by atoms with Crippen LogP contribution in [0.15, 0.2) is 66.7 Å². The zero-order chi connectivity index (χ0) is 23.7. The van der Waals surface area contributed by atoms with Crippen LogP contribution in [0, 0.1) is 12.7 Å². The number of ether oxygens (including phenoxy) is 1. The number of carboxylic acids is 1. The van der Waals surface area contributed by atoms with Gasteiger partial charge in [-0.05, 0) is 66.3 Å². The summed E-state index contributed by atoms with van der Waals surface area (Å²) in [5.41, 5.74) is 5.16. The first-order valence-electron chi connectivity index (χ1n) is 10.9. The summed E-state index contributed by atoms with van der Waals surface area (Å²) >= 11 is 0. The van der Waals surface area contributed by atoms with Gasteiger partial charge in [-0.15, -0.1) is 0 Å². The van der Waals surface area contributed by atoms with Crippen LogP contribution in [0.25, 0.3) is 11.1 Å². The molecule has 0 bridgehead atoms. The summed E-state index contributed by atoms with van der Waals surface area (Å²) in [6, 6.07) is 18.1. The number of aliphatic carboxylic acids is 1. The third-order valence-corrected chi connectivity index (χ3v) is 6.15. The molecule has 5 nitrogen and oxygen atoms in total. The minimum atomic E-state index is -1.36. The van der Waals surface area contributed by atoms with Gasteiger partial charge >= 0.3 is 12.1 Å². The number of carbonyl (C=O) groups is 2. The van der Waals surface area contributed by atoms with Gasteiger partial charge in [0.2, 0.25) is 0 Å². The topological polar surface area (TPSA) is 66.8 Å². The number of halogens is 1. The van der Waals surface area contributed by atoms with E-state index in [-0.39, 0.29) is 18.1 Å². The molecule has 0 saturated carbocycles. The Bertz CT molecular complexity index is 1160. The predicted octanol–water partition coefficient (Wildman–Crippen LogP) is 5.92. The van der Waals surface area contributed by atoms with Gasteiger partial charge in [-0.2, -0.15) is 0 Å². The lowest BCUT2D eigenvalue weighted by atomic mass is 9.98. The number of carbonyl (C=O) groups excluding carboxylic acids is 1. The highest BCUT2D eigenvalue weighted by molar-refractivity contribution is 5.83. The second kappa shape index (κ2) is 9.06. The van der Waals surface area contributed by atoms with Crippen LogP contribution in [0.5, 0.6) is 0 Å². The van der Waals surface area contributed by atoms with Crippen molar-refractivity contribution in [3.05, 3.63) is 94.8 Å². The average Bonchev–Trinajstić information content (AvgIpc) is 3.11. The molecule has 170 valence electrons. The molecule has 0 saturated heterocycles. The first kappa shape index (κ1) is 22.5. The maximum absolute atomic E-state index is 13.9. The molecular formula is C27H26FNO4. The largest absolute Gasteiger partial charge is 0.479 e. The molecule has 0 radical (unpaired) electrons. The normalized spacial score (nSPS) is 13.4. The first-order valence-corrected chi connectivity index (χ1v) is 10.9. The number of hydrogen-bond donors (Lipinski definition) is 1. The van der Waals surface area contributed by atoms with E-state index < -0.39 is 30.0 Å². The second-order valence-electron chi connectivity index (χ2n) is 8.55. The van der Waals surface area contributed by atoms with Crippen molar-refractivity contribution >= 4 is 12.1 Å². The lowest BCUT2D eigenvalue weighted by Gasteiger charge is -2.33. The van der Waals surface area contributed by atoms with E-state index in [1.54, 1.807) is 20.8 Å². The lowest BCUT2D eigenvalue weighted by molar-refractivity contribution is -0.143. The third-order valence-electron chi connectivity index (χ3n) is 6.15. The Labute approximate surface area is 192 Å². The van der Waals surface area contributed by atoms with Crippen LogP contribution in [0.4, 0.5) is 9.18 Å². The van der Waals surface area contributed by atoms with Crippen LogP contribution in [0.2, 0.25) is 0 Å². The SMILES string of the molecule is Cc1ccc(F)cc1C(C(=O)O)N(C(=O)OCC1c2ccccc2-c2ccccc21)C(C)C. The van der Waals surface area contributed by atoms with Gasteiger partial charge in [0.15, 0.2) is 6.04 Å². The number of hydrogen-bond acceptors (Lipinski definition) is 3. The number of fused-ring (bicyclic) bond motifs is 3. The van der Waals surface area contributed by atoms with Crippen molar-refractivity contribution in [2.75, 3.05) is 6.61 Å². The van der Waals surface area contributed by atoms with Crippen LogP contribution in [-0.4, -0.2) is 34.7 Å². The van der Waals surface area contributed by atoms with Gasteiger partial charge < -0.3 is 9.84 Å². The fourth-order valence-electron chi connectivity index (χ4n) is 4.59. The fourth-order valence-corrected chi connectivity index (χ4v) is 4.59. The smallest absolute Gasteiger partial charge is 0.411 e. The van der Waals surface area contributed by atoms with Crippen molar-refractivity contribution in [2.45, 2.75) is 38.8 Å². The standard InChI is InChI=1S/C27H26FNO4/c1-16(2)29(25(26(30)31)23-14-18(28)13-12-17(23)3)27(32)33-15-24-21-10-6-4-8-19(21)20-9-5-7-11-22(20)24/h4-14,16,24-25H,15H2,1-3H3,(H,30,31). The summed E-state index contributed by atoms with van der Waals surface area (Å²) < 4.78 is 19.7. The highest BCUT2D eigenvalue weighted by Gasteiger charge is 2.37. The molecule has 4 rings (SSSR count). The highest BCUT2D eigenvalue weighted by atomic mass is 19.1. The number of rotatable bonds is 6. The zero-order valence-corrected chi connectivity index (χ0v) is 18.8. The third kappa shape index (κ3) is 4.21. The molecule has 3 aromatic carbocycles. The molecular weight excluding hydrogens is 421 g/mol. The van der Waals surface area contributed by atoms with E-state index in [9.17, 15) is 19.1 Å². The summed E-state index contributed by atoms with van der Waals surface area (Å²) in [5.74, 6) is -1.95. The second-order valence-corrected chi connectivity index (χ2v) is 8.55. The number of aryl methyl sites for hydroxylation is 1. The Morgan fingerprint density at radius 3 is 2.12 bits per heavy atom. The Morgan fingerprint density at radius 1 is 1.00 bits per heavy atom. The van der Waals surface area contributed by atoms with Crippen molar-refractivity contribution in [2.24, 2.45) is 0 Å². The summed E-state index contributed by atoms with van der Waals surface area (Å²) in [5, 5.41) is 9.98. The molecule has 0 spiro atoms. The summed E-state index contributed by atoms with van der Waals surface area (Å²) in [6.45, 7) is 5.20. The molecule has 0 heterocycles. The molecule has 0 aliphatic heterocycles. The molecule has 1 aliphatic carbocycles. The van der Waals surface area contributed by atoms with Crippen molar-refractivity contribution < 1.29 is 23.8 Å². The summed E-state index contributed by atoms with van der Waals surface area (Å²) in [6.07, 6.45) is -0.747. The lowest BCUT2D eigenvalue weighted by Crippen LogP contribution is -2.44. The van der Waals surface area contributed by atoms with Crippen molar-refractivity contribution in [1.82, 2.24) is 4.90 Å². The van der Waals surface area contributed by atoms with E-state index in [0.29, 0.717) is 5.56 Å². The van der Waals surface area contributed by atoms with Crippen molar-refractivity contribution in [3.63, 3.8) is 0 Å². The zero-order valence-electron chi connectivity index (χ0n) is 18.8. The quantitative estimate of drug-likeness (QED) is 0.509. The fraction of sp³-hybridized carbons (Fsp3) is 0.259. The van der Waals surface area contributed by atoms with E-state index in [2.05, 4.69) is 0 Å². The molecule has 0 fully saturated rings. The van der Waals surface area contributed by atoms with Gasteiger partial charge in [0, 0.05) is 12.0 Å². The summed E-state index contributed by atoms with van der Waals surface area (Å²) in [7, 11) is 0. The Hall–Kier alpha value is -3.67. The van der Waals surface area contributed by atoms with E-state index >= 15 is 0 Å². The van der Waals surface area contributed by atoms with Gasteiger partial charge in [-0.1, -0.05) is 54.6 Å². The minimum absolute atomic E-state index is 0.0740. The number of benzene rings is 3. The van der Waals surface area contributed by atoms with Gasteiger partial charge in [0.05, 0.1) is 0 Å². The van der Waals surface area contributed by atoms with Gasteiger partial charge in [-0.3, -0.25) is 4.90 Å². The monoisotopic (exact) mass is 447 g/mol. The van der Waals surface area contributed by atoms with E-state index in [1.807, 2.05) is 48.5 Å². The first-order chi connectivity index (χ1) is 15.8. The minimum Gasteiger partial charge on any atom is -0.479 e. The Kier molecular flexibility index (Phi) is 6.18. The molecule has 3 aromatic rings. The maximum Gasteiger partial charge on any atom is 0.411 e. The van der Waals surface area contributed by atoms with Gasteiger partial charge in [0.25, 0.3) is 0 Å². The van der Waals surface area contributed by atoms with Gasteiger partial charge in [0.1, 0.15) is 12.4 Å². The van der Waals surface area contributed by atoms with Crippen LogP contribution < -0.4 is 0 Å². The van der Waals surface area contributed by atoms with E-state index in [1.165, 1.54) is 18.2 Å². The van der Waals surface area contributed by atoms with Gasteiger partial charge in [-0.25, -0.2) is 14.0 Å². The maximum atomic E-state index is 13.9. The Morgan fingerprint density at radius 2 is 1.58 bits per heavy atom. The molecule has 1 N–H and O–H groups in total. The van der Waals surface area contributed by atoms with Crippen LogP contribution in [0.3, 0.4) is 0 Å². The molecule has 1 atom stereocenters. The number of carboxylic acid groups (broad SMARTS) is 1. The number of amides is 1. The van der Waals surface area contributed by atoms with Crippen LogP contribution in [0.1, 0.15) is 48.1 Å². The molecule has 1 amide bonds. The molecule has 1 aliphatic rings. The van der Waals surface area contributed by atoms with E-state index in [0.717, 1.165) is 27.2 Å². The average molecular weight is 448 g/mol. The predicted molar refractivity (Wildman–Crippen MR) is 124 cm³/mol. The Balaban J connectivity index is 1.62. The number of nitrogens with zero attached hydrogens (tertiary/aromatic N) is 1. The van der Waals surface area contributed by atoms with Crippen molar-refractivity contribution in [1.29, 1.82) is 0 Å². The van der Waals surface area contributed by atoms with E-state index in [4.69, 9.17) is 4.74 Å². The molecule has 0 aromatic heterocycles. The van der Waals surface area contributed by atoms with Crippen LogP contribution in [-0.2, 0) is 9.53 Å². The molecule has 33 heavy (non-hydrogen) atoms. The molecule has 6 heteroatoms. The summed E-state index contributed by atoms with van der Waals surface area (Å²) in [4.78, 5) is 26.6. The highest BCUT2D eigenvalue weighted by Crippen LogP contribution is 2.44.